The highest BCUT2D eigenvalue weighted by molar-refractivity contribution is 6.22. The molecule has 0 spiro atoms. The van der Waals surface area contributed by atoms with Gasteiger partial charge in [0, 0.05) is 43.4 Å². The number of hydrogen-bond acceptors (Lipinski definition) is 1. The Balaban J connectivity index is 1.11. The van der Waals surface area contributed by atoms with Gasteiger partial charge in [0.05, 0.1) is 27.8 Å². The summed E-state index contributed by atoms with van der Waals surface area (Å²) in [7, 11) is 0. The van der Waals surface area contributed by atoms with Gasteiger partial charge in [-0.1, -0.05) is 121 Å². The van der Waals surface area contributed by atoms with Gasteiger partial charge >= 0.3 is 0 Å². The number of benzene rings is 9. The van der Waals surface area contributed by atoms with E-state index in [1.807, 2.05) is 6.07 Å². The molecule has 3 heteroatoms. The molecule has 12 aromatic rings. The van der Waals surface area contributed by atoms with E-state index in [1.165, 1.54) is 70.9 Å². The van der Waals surface area contributed by atoms with Crippen molar-refractivity contribution in [2.75, 3.05) is 0 Å². The molecule has 53 heavy (non-hydrogen) atoms. The Bertz CT molecular complexity index is 3460. The number of nitrogens with zero attached hydrogens (tertiary/aromatic N) is 2. The van der Waals surface area contributed by atoms with Crippen LogP contribution in [0.15, 0.2) is 186 Å². The van der Waals surface area contributed by atoms with Crippen LogP contribution in [0.25, 0.3) is 110 Å². The average Bonchev–Trinajstić information content (AvgIpc) is 3.88. The van der Waals surface area contributed by atoms with Crippen molar-refractivity contribution in [1.29, 1.82) is 0 Å². The van der Waals surface area contributed by atoms with Crippen LogP contribution in [0.3, 0.4) is 0 Å². The Hall–Kier alpha value is -7.10. The van der Waals surface area contributed by atoms with Crippen LogP contribution in [0.5, 0.6) is 0 Å². The summed E-state index contributed by atoms with van der Waals surface area (Å²) < 4.78 is 11.5. The number of aromatic nitrogens is 2. The van der Waals surface area contributed by atoms with Gasteiger partial charge in [0.2, 0.25) is 0 Å². The standard InChI is InChI=1S/C50H30N2O/c1-2-12-33-28-36(23-20-31(33)10-1)51-45-17-7-5-15-38(45)42-29-34(21-26-46(42)51)35-22-27-47-43(30-35)40-24-25-41-39-16-6-8-19-48(39)53-50(41)49(40)52(47)44-18-9-13-32-11-3-4-14-37(32)44/h1-30H. The second-order valence-electron chi connectivity index (χ2n) is 14.1. The third kappa shape index (κ3) is 4.05. The van der Waals surface area contributed by atoms with Crippen LogP contribution in [0.4, 0.5) is 0 Å². The molecule has 9 aromatic carbocycles. The van der Waals surface area contributed by atoms with Crippen LogP contribution in [0.1, 0.15) is 0 Å². The molecule has 246 valence electrons. The van der Waals surface area contributed by atoms with Crippen LogP contribution >= 0.6 is 0 Å². The summed E-state index contributed by atoms with van der Waals surface area (Å²) in [6, 6.07) is 66.1. The fraction of sp³-hybridized carbons (Fsp3) is 0. The summed E-state index contributed by atoms with van der Waals surface area (Å²) in [6.45, 7) is 0. The monoisotopic (exact) mass is 674 g/mol. The third-order valence-electron chi connectivity index (χ3n) is 11.3. The maximum Gasteiger partial charge on any atom is 0.160 e. The van der Waals surface area contributed by atoms with Gasteiger partial charge in [0.1, 0.15) is 5.58 Å². The molecular weight excluding hydrogens is 645 g/mol. The Morgan fingerprint density at radius 1 is 0.340 bits per heavy atom. The zero-order chi connectivity index (χ0) is 34.6. The molecule has 12 rings (SSSR count). The van der Waals surface area contributed by atoms with Gasteiger partial charge in [-0.05, 0) is 87.9 Å². The molecule has 0 atom stereocenters. The molecule has 0 radical (unpaired) electrons. The van der Waals surface area contributed by atoms with E-state index in [2.05, 4.69) is 185 Å². The van der Waals surface area contributed by atoms with Gasteiger partial charge in [-0.3, -0.25) is 0 Å². The lowest BCUT2D eigenvalue weighted by Gasteiger charge is -2.12. The van der Waals surface area contributed by atoms with Crippen molar-refractivity contribution in [2.45, 2.75) is 0 Å². The summed E-state index contributed by atoms with van der Waals surface area (Å²) in [5.74, 6) is 0. The maximum absolute atomic E-state index is 6.71. The highest BCUT2D eigenvalue weighted by Crippen LogP contribution is 2.43. The molecule has 3 aromatic heterocycles. The zero-order valence-corrected chi connectivity index (χ0v) is 28.6. The van der Waals surface area contributed by atoms with Crippen molar-refractivity contribution in [3.05, 3.63) is 182 Å². The maximum atomic E-state index is 6.71. The van der Waals surface area contributed by atoms with E-state index in [0.717, 1.165) is 38.7 Å². The Morgan fingerprint density at radius 3 is 1.81 bits per heavy atom. The number of rotatable bonds is 3. The first-order valence-corrected chi connectivity index (χ1v) is 18.2. The van der Waals surface area contributed by atoms with E-state index in [4.69, 9.17) is 4.42 Å². The zero-order valence-electron chi connectivity index (χ0n) is 28.6. The second-order valence-corrected chi connectivity index (χ2v) is 14.1. The van der Waals surface area contributed by atoms with Crippen LogP contribution in [0.2, 0.25) is 0 Å². The molecule has 3 heterocycles. The molecule has 0 unspecified atom stereocenters. The van der Waals surface area contributed by atoms with Gasteiger partial charge in [0.15, 0.2) is 5.58 Å². The summed E-state index contributed by atoms with van der Waals surface area (Å²) in [6.07, 6.45) is 0. The first-order chi connectivity index (χ1) is 26.3. The van der Waals surface area contributed by atoms with Crippen molar-refractivity contribution in [1.82, 2.24) is 9.13 Å². The van der Waals surface area contributed by atoms with Gasteiger partial charge in [-0.25, -0.2) is 0 Å². The predicted molar refractivity (Wildman–Crippen MR) is 223 cm³/mol. The normalized spacial score (nSPS) is 12.2. The van der Waals surface area contributed by atoms with Gasteiger partial charge < -0.3 is 13.6 Å². The molecule has 0 saturated carbocycles. The van der Waals surface area contributed by atoms with Gasteiger partial charge in [-0.15, -0.1) is 0 Å². The van der Waals surface area contributed by atoms with Crippen molar-refractivity contribution < 1.29 is 4.42 Å². The van der Waals surface area contributed by atoms with E-state index in [0.29, 0.717) is 0 Å². The predicted octanol–water partition coefficient (Wildman–Crippen LogP) is 13.8. The lowest BCUT2D eigenvalue weighted by atomic mass is 10.0. The lowest BCUT2D eigenvalue weighted by molar-refractivity contribution is 0.671. The molecule has 0 saturated heterocycles. The summed E-state index contributed by atoms with van der Waals surface area (Å²) in [4.78, 5) is 0. The summed E-state index contributed by atoms with van der Waals surface area (Å²) >= 11 is 0. The van der Waals surface area contributed by atoms with E-state index in [-0.39, 0.29) is 0 Å². The molecule has 0 aliphatic carbocycles. The summed E-state index contributed by atoms with van der Waals surface area (Å²) in [5, 5.41) is 12.0. The molecule has 0 aliphatic rings. The van der Waals surface area contributed by atoms with E-state index in [9.17, 15) is 0 Å². The Kier molecular flexibility index (Phi) is 5.77. The first kappa shape index (κ1) is 28.6. The van der Waals surface area contributed by atoms with Crippen molar-refractivity contribution in [3.8, 4) is 22.5 Å². The SMILES string of the molecule is c1ccc2cc(-n3c4ccccc4c4cc(-c5ccc6c(c5)c5ccc7c8ccccc8oc7c5n6-c5cccc6ccccc56)ccc43)ccc2c1. The molecule has 0 aliphatic heterocycles. The molecule has 0 N–H and O–H groups in total. The first-order valence-electron chi connectivity index (χ1n) is 18.2. The van der Waals surface area contributed by atoms with Crippen LogP contribution in [0, 0.1) is 0 Å². The minimum absolute atomic E-state index is 0.904. The molecule has 0 fully saturated rings. The number of hydrogen-bond donors (Lipinski definition) is 0. The number of furan rings is 1. The molecule has 3 nitrogen and oxygen atoms in total. The number of para-hydroxylation sites is 2. The topological polar surface area (TPSA) is 23.0 Å². The molecular formula is C50H30N2O. The Morgan fingerprint density at radius 2 is 0.962 bits per heavy atom. The summed E-state index contributed by atoms with van der Waals surface area (Å²) in [5.41, 5.74) is 11.2. The fourth-order valence-corrected chi connectivity index (χ4v) is 8.86. The van der Waals surface area contributed by atoms with Crippen LogP contribution in [-0.4, -0.2) is 9.13 Å². The van der Waals surface area contributed by atoms with Crippen molar-refractivity contribution in [2.24, 2.45) is 0 Å². The second kappa shape index (κ2) is 10.7. The number of fused-ring (bicyclic) bond motifs is 12. The van der Waals surface area contributed by atoms with Crippen LogP contribution < -0.4 is 0 Å². The molecule has 0 amide bonds. The Labute approximate surface area is 304 Å². The van der Waals surface area contributed by atoms with E-state index in [1.54, 1.807) is 0 Å². The third-order valence-corrected chi connectivity index (χ3v) is 11.3. The average molecular weight is 675 g/mol. The van der Waals surface area contributed by atoms with Crippen LogP contribution in [-0.2, 0) is 0 Å². The minimum atomic E-state index is 0.904. The van der Waals surface area contributed by atoms with E-state index < -0.39 is 0 Å². The van der Waals surface area contributed by atoms with Crippen molar-refractivity contribution >= 4 is 87.1 Å². The quantitative estimate of drug-likeness (QED) is 0.183. The van der Waals surface area contributed by atoms with Crippen molar-refractivity contribution in [3.63, 3.8) is 0 Å². The van der Waals surface area contributed by atoms with Gasteiger partial charge in [0.25, 0.3) is 0 Å². The van der Waals surface area contributed by atoms with Gasteiger partial charge in [-0.2, -0.15) is 0 Å². The highest BCUT2D eigenvalue weighted by Gasteiger charge is 2.21. The highest BCUT2D eigenvalue weighted by atomic mass is 16.3. The molecule has 0 bridgehead atoms. The smallest absolute Gasteiger partial charge is 0.160 e. The van der Waals surface area contributed by atoms with E-state index >= 15 is 0 Å². The fourth-order valence-electron chi connectivity index (χ4n) is 8.86. The minimum Gasteiger partial charge on any atom is -0.454 e. The lowest BCUT2D eigenvalue weighted by Crippen LogP contribution is -1.95. The largest absolute Gasteiger partial charge is 0.454 e.